The van der Waals surface area contributed by atoms with Crippen molar-refractivity contribution in [1.82, 2.24) is 14.8 Å². The summed E-state index contributed by atoms with van der Waals surface area (Å²) >= 11 is 0. The second-order valence-corrected chi connectivity index (χ2v) is 2.93. The van der Waals surface area contributed by atoms with Crippen LogP contribution < -0.4 is 0 Å². The molecule has 0 aromatic carbocycles. The van der Waals surface area contributed by atoms with Crippen LogP contribution in [-0.4, -0.2) is 25.8 Å². The van der Waals surface area contributed by atoms with E-state index in [4.69, 9.17) is 5.11 Å². The molecule has 0 amide bonds. The molecule has 2 aromatic heterocycles. The molecule has 0 saturated heterocycles. The normalized spacial score (nSPS) is 10.4. The SMILES string of the molecule is Cn1nc(-c2ccc[nH]2)cc1C(=O)O. The maximum atomic E-state index is 10.7. The molecule has 2 aromatic rings. The molecule has 0 bridgehead atoms. The first-order valence-electron chi connectivity index (χ1n) is 4.09. The van der Waals surface area contributed by atoms with Gasteiger partial charge in [0.2, 0.25) is 0 Å². The molecule has 2 N–H and O–H groups in total. The predicted molar refractivity (Wildman–Crippen MR) is 50.0 cm³/mol. The Hall–Kier alpha value is -2.04. The zero-order chi connectivity index (χ0) is 10.1. The Morgan fingerprint density at radius 1 is 1.64 bits per heavy atom. The van der Waals surface area contributed by atoms with Crippen LogP contribution in [0.15, 0.2) is 24.4 Å². The Balaban J connectivity index is 2.48. The molecule has 5 nitrogen and oxygen atoms in total. The Morgan fingerprint density at radius 2 is 2.43 bits per heavy atom. The van der Waals surface area contributed by atoms with Crippen LogP contribution in [0.4, 0.5) is 0 Å². The van der Waals surface area contributed by atoms with Crippen LogP contribution in [0.3, 0.4) is 0 Å². The number of hydrogen-bond acceptors (Lipinski definition) is 2. The van der Waals surface area contributed by atoms with E-state index in [2.05, 4.69) is 10.1 Å². The van der Waals surface area contributed by atoms with Crippen molar-refractivity contribution < 1.29 is 9.90 Å². The number of hydrogen-bond donors (Lipinski definition) is 2. The van der Waals surface area contributed by atoms with E-state index < -0.39 is 5.97 Å². The molecular weight excluding hydrogens is 182 g/mol. The van der Waals surface area contributed by atoms with E-state index >= 15 is 0 Å². The molecule has 2 rings (SSSR count). The lowest BCUT2D eigenvalue weighted by atomic mass is 10.3. The van der Waals surface area contributed by atoms with Gasteiger partial charge in [0.1, 0.15) is 11.4 Å². The van der Waals surface area contributed by atoms with Gasteiger partial charge < -0.3 is 10.1 Å². The number of carboxylic acids is 1. The largest absolute Gasteiger partial charge is 0.477 e. The van der Waals surface area contributed by atoms with Crippen molar-refractivity contribution in [3.63, 3.8) is 0 Å². The van der Waals surface area contributed by atoms with Gasteiger partial charge in [0.05, 0.1) is 5.69 Å². The van der Waals surface area contributed by atoms with Crippen molar-refractivity contribution in [2.75, 3.05) is 0 Å². The highest BCUT2D eigenvalue weighted by molar-refractivity contribution is 5.87. The monoisotopic (exact) mass is 191 g/mol. The molecule has 2 heterocycles. The number of aromatic amines is 1. The molecule has 0 aliphatic rings. The minimum absolute atomic E-state index is 0.176. The second kappa shape index (κ2) is 3.02. The number of aromatic carboxylic acids is 1. The van der Waals surface area contributed by atoms with Crippen LogP contribution >= 0.6 is 0 Å². The molecule has 0 aliphatic carbocycles. The fourth-order valence-corrected chi connectivity index (χ4v) is 1.29. The quantitative estimate of drug-likeness (QED) is 0.747. The summed E-state index contributed by atoms with van der Waals surface area (Å²) in [6.45, 7) is 0. The molecule has 14 heavy (non-hydrogen) atoms. The van der Waals surface area contributed by atoms with Gasteiger partial charge in [-0.3, -0.25) is 4.68 Å². The van der Waals surface area contributed by atoms with E-state index in [1.165, 1.54) is 10.7 Å². The number of carbonyl (C=O) groups is 1. The number of rotatable bonds is 2. The van der Waals surface area contributed by atoms with Crippen molar-refractivity contribution in [3.05, 3.63) is 30.1 Å². The molecule has 0 fully saturated rings. The minimum atomic E-state index is -0.974. The smallest absolute Gasteiger partial charge is 0.354 e. The number of aryl methyl sites for hydroxylation is 1. The molecule has 0 saturated carbocycles. The number of nitrogens with zero attached hydrogens (tertiary/aromatic N) is 2. The number of aromatic nitrogens is 3. The summed E-state index contributed by atoms with van der Waals surface area (Å²) in [6, 6.07) is 5.21. The number of H-pyrrole nitrogens is 1. The van der Waals surface area contributed by atoms with Crippen LogP contribution in [-0.2, 0) is 7.05 Å². The van der Waals surface area contributed by atoms with E-state index in [-0.39, 0.29) is 5.69 Å². The Morgan fingerprint density at radius 3 is 2.93 bits per heavy atom. The highest BCUT2D eigenvalue weighted by atomic mass is 16.4. The van der Waals surface area contributed by atoms with Gasteiger partial charge in [-0.05, 0) is 12.1 Å². The van der Waals surface area contributed by atoms with Crippen LogP contribution in [0.25, 0.3) is 11.4 Å². The van der Waals surface area contributed by atoms with Gasteiger partial charge >= 0.3 is 5.97 Å². The van der Waals surface area contributed by atoms with Crippen molar-refractivity contribution in [2.24, 2.45) is 7.05 Å². The third-order valence-corrected chi connectivity index (χ3v) is 1.97. The minimum Gasteiger partial charge on any atom is -0.477 e. The Labute approximate surface area is 80.0 Å². The van der Waals surface area contributed by atoms with E-state index in [1.807, 2.05) is 12.1 Å². The Kier molecular flexibility index (Phi) is 1.85. The van der Waals surface area contributed by atoms with Crippen LogP contribution in [0, 0.1) is 0 Å². The fourth-order valence-electron chi connectivity index (χ4n) is 1.29. The van der Waals surface area contributed by atoms with Crippen LogP contribution in [0.5, 0.6) is 0 Å². The van der Waals surface area contributed by atoms with Crippen molar-refractivity contribution in [1.29, 1.82) is 0 Å². The maximum Gasteiger partial charge on any atom is 0.354 e. The van der Waals surface area contributed by atoms with Gasteiger partial charge in [-0.25, -0.2) is 4.79 Å². The van der Waals surface area contributed by atoms with E-state index in [1.54, 1.807) is 13.2 Å². The lowest BCUT2D eigenvalue weighted by Gasteiger charge is -1.91. The van der Waals surface area contributed by atoms with E-state index in [0.29, 0.717) is 5.69 Å². The molecule has 0 aliphatic heterocycles. The summed E-state index contributed by atoms with van der Waals surface area (Å²) in [7, 11) is 1.61. The summed E-state index contributed by atoms with van der Waals surface area (Å²) in [6.07, 6.45) is 1.77. The lowest BCUT2D eigenvalue weighted by Crippen LogP contribution is -2.04. The van der Waals surface area contributed by atoms with Crippen LogP contribution in [0.2, 0.25) is 0 Å². The zero-order valence-electron chi connectivity index (χ0n) is 7.56. The van der Waals surface area contributed by atoms with Crippen molar-refractivity contribution >= 4 is 5.97 Å². The predicted octanol–water partition coefficient (Wildman–Crippen LogP) is 1.11. The topological polar surface area (TPSA) is 70.9 Å². The molecule has 0 atom stereocenters. The van der Waals surface area contributed by atoms with Gasteiger partial charge in [-0.2, -0.15) is 5.10 Å². The fraction of sp³-hybridized carbons (Fsp3) is 0.111. The highest BCUT2D eigenvalue weighted by Gasteiger charge is 2.12. The number of nitrogens with one attached hydrogen (secondary N) is 1. The average molecular weight is 191 g/mol. The molecule has 0 spiro atoms. The lowest BCUT2D eigenvalue weighted by molar-refractivity contribution is 0.0685. The van der Waals surface area contributed by atoms with Crippen molar-refractivity contribution in [2.45, 2.75) is 0 Å². The van der Waals surface area contributed by atoms with Crippen molar-refractivity contribution in [3.8, 4) is 11.4 Å². The molecule has 5 heteroatoms. The average Bonchev–Trinajstić information content (AvgIpc) is 2.70. The molecule has 72 valence electrons. The molecule has 0 radical (unpaired) electrons. The van der Waals surface area contributed by atoms with Gasteiger partial charge in [0.15, 0.2) is 0 Å². The summed E-state index contributed by atoms with van der Waals surface area (Å²) in [4.78, 5) is 13.7. The summed E-state index contributed by atoms with van der Waals surface area (Å²) in [5.74, 6) is -0.974. The third kappa shape index (κ3) is 1.28. The second-order valence-electron chi connectivity index (χ2n) is 2.93. The van der Waals surface area contributed by atoms with Gasteiger partial charge in [0, 0.05) is 19.3 Å². The summed E-state index contributed by atoms with van der Waals surface area (Å²) < 4.78 is 1.35. The van der Waals surface area contributed by atoms with E-state index in [0.717, 1.165) is 5.69 Å². The first-order valence-corrected chi connectivity index (χ1v) is 4.09. The maximum absolute atomic E-state index is 10.7. The van der Waals surface area contributed by atoms with Gasteiger partial charge in [-0.1, -0.05) is 0 Å². The molecular formula is C9H9N3O2. The Bertz CT molecular complexity index is 456. The zero-order valence-corrected chi connectivity index (χ0v) is 7.56. The summed E-state index contributed by atoms with van der Waals surface area (Å²) in [5.41, 5.74) is 1.62. The summed E-state index contributed by atoms with van der Waals surface area (Å²) in [5, 5.41) is 12.9. The van der Waals surface area contributed by atoms with Crippen LogP contribution in [0.1, 0.15) is 10.5 Å². The third-order valence-electron chi connectivity index (χ3n) is 1.97. The highest BCUT2D eigenvalue weighted by Crippen LogP contribution is 2.16. The van der Waals surface area contributed by atoms with Gasteiger partial charge in [-0.15, -0.1) is 0 Å². The molecule has 0 unspecified atom stereocenters. The van der Waals surface area contributed by atoms with E-state index in [9.17, 15) is 4.79 Å². The first-order chi connectivity index (χ1) is 6.68. The first kappa shape index (κ1) is 8.55. The standard InChI is InChI=1S/C9H9N3O2/c1-12-8(9(13)14)5-7(11-12)6-3-2-4-10-6/h2-5,10H,1H3,(H,13,14). The van der Waals surface area contributed by atoms with Gasteiger partial charge in [0.25, 0.3) is 0 Å². The number of carboxylic acid groups (broad SMARTS) is 1.